The molecule has 1 heterocycles. The SMILES string of the molecule is CC(C)Oc1c(C(N)=O)oc2ccc(O)cc12. The molecule has 1 aromatic heterocycles. The topological polar surface area (TPSA) is 85.7 Å². The maximum absolute atomic E-state index is 11.2. The molecule has 0 aliphatic rings. The van der Waals surface area contributed by atoms with Crippen LogP contribution in [0.2, 0.25) is 0 Å². The van der Waals surface area contributed by atoms with Gasteiger partial charge in [-0.05, 0) is 32.0 Å². The van der Waals surface area contributed by atoms with E-state index >= 15 is 0 Å². The van der Waals surface area contributed by atoms with Crippen molar-refractivity contribution < 1.29 is 19.1 Å². The molecule has 5 heteroatoms. The molecular weight excluding hydrogens is 222 g/mol. The number of phenols is 1. The van der Waals surface area contributed by atoms with Gasteiger partial charge in [-0.1, -0.05) is 0 Å². The second-order valence-electron chi connectivity index (χ2n) is 3.97. The van der Waals surface area contributed by atoms with Crippen molar-refractivity contribution in [1.82, 2.24) is 0 Å². The number of furan rings is 1. The van der Waals surface area contributed by atoms with Crippen LogP contribution < -0.4 is 10.5 Å². The molecule has 0 spiro atoms. The normalized spacial score (nSPS) is 11.0. The number of carbonyl (C=O) groups is 1. The number of nitrogens with two attached hydrogens (primary N) is 1. The molecule has 0 atom stereocenters. The van der Waals surface area contributed by atoms with Gasteiger partial charge in [0.05, 0.1) is 11.5 Å². The van der Waals surface area contributed by atoms with Crippen LogP contribution in [0, 0.1) is 0 Å². The lowest BCUT2D eigenvalue weighted by atomic mass is 10.2. The number of ether oxygens (including phenoxy) is 1. The van der Waals surface area contributed by atoms with Crippen molar-refractivity contribution in [1.29, 1.82) is 0 Å². The predicted octanol–water partition coefficient (Wildman–Crippen LogP) is 2.02. The summed E-state index contributed by atoms with van der Waals surface area (Å²) in [4.78, 5) is 11.2. The second kappa shape index (κ2) is 4.01. The summed E-state index contributed by atoms with van der Waals surface area (Å²) in [6.07, 6.45) is -0.128. The van der Waals surface area contributed by atoms with Crippen LogP contribution in [-0.4, -0.2) is 17.1 Å². The fourth-order valence-corrected chi connectivity index (χ4v) is 1.58. The van der Waals surface area contributed by atoms with Gasteiger partial charge in [0.15, 0.2) is 5.75 Å². The molecule has 90 valence electrons. The quantitative estimate of drug-likeness (QED) is 0.852. The Labute approximate surface area is 97.8 Å². The van der Waals surface area contributed by atoms with E-state index in [9.17, 15) is 9.90 Å². The van der Waals surface area contributed by atoms with E-state index in [1.807, 2.05) is 13.8 Å². The standard InChI is InChI=1S/C12H13NO4/c1-6(2)16-10-8-5-7(14)3-4-9(8)17-11(10)12(13)15/h3-6,14H,1-2H3,(H2,13,15). The number of fused-ring (bicyclic) bond motifs is 1. The van der Waals surface area contributed by atoms with Crippen molar-refractivity contribution >= 4 is 16.9 Å². The molecular formula is C12H13NO4. The maximum atomic E-state index is 11.2. The lowest BCUT2D eigenvalue weighted by Gasteiger charge is -2.08. The van der Waals surface area contributed by atoms with E-state index in [4.69, 9.17) is 14.9 Å². The molecule has 3 N–H and O–H groups in total. The Kier molecular flexibility index (Phi) is 2.67. The van der Waals surface area contributed by atoms with Crippen LogP contribution in [0.1, 0.15) is 24.4 Å². The molecule has 17 heavy (non-hydrogen) atoms. The molecule has 0 saturated heterocycles. The van der Waals surface area contributed by atoms with E-state index in [1.165, 1.54) is 12.1 Å². The molecule has 0 bridgehead atoms. The third-order valence-corrected chi connectivity index (χ3v) is 2.20. The number of benzene rings is 1. The lowest BCUT2D eigenvalue weighted by Crippen LogP contribution is -2.14. The van der Waals surface area contributed by atoms with E-state index in [0.717, 1.165) is 0 Å². The average molecular weight is 235 g/mol. The summed E-state index contributed by atoms with van der Waals surface area (Å²) in [5.41, 5.74) is 5.67. The van der Waals surface area contributed by atoms with Crippen LogP contribution in [0.3, 0.4) is 0 Å². The highest BCUT2D eigenvalue weighted by Crippen LogP contribution is 2.35. The van der Waals surface area contributed by atoms with Gasteiger partial charge < -0.3 is 20.0 Å². The molecule has 5 nitrogen and oxygen atoms in total. The fraction of sp³-hybridized carbons (Fsp3) is 0.250. The van der Waals surface area contributed by atoms with E-state index in [2.05, 4.69) is 0 Å². The van der Waals surface area contributed by atoms with Crippen molar-refractivity contribution in [3.8, 4) is 11.5 Å². The van der Waals surface area contributed by atoms with Crippen LogP contribution in [-0.2, 0) is 0 Å². The Balaban J connectivity index is 2.68. The zero-order valence-corrected chi connectivity index (χ0v) is 9.56. The summed E-state index contributed by atoms with van der Waals surface area (Å²) >= 11 is 0. The van der Waals surface area contributed by atoms with Crippen LogP contribution in [0.4, 0.5) is 0 Å². The fourth-order valence-electron chi connectivity index (χ4n) is 1.58. The summed E-state index contributed by atoms with van der Waals surface area (Å²) in [5, 5.41) is 9.96. The zero-order valence-electron chi connectivity index (χ0n) is 9.56. The first kappa shape index (κ1) is 11.3. The van der Waals surface area contributed by atoms with Gasteiger partial charge in [-0.3, -0.25) is 4.79 Å². The molecule has 0 radical (unpaired) electrons. The highest BCUT2D eigenvalue weighted by molar-refractivity contribution is 6.01. The number of phenolic OH excluding ortho intramolecular Hbond substituents is 1. The van der Waals surface area contributed by atoms with Crippen molar-refractivity contribution in [2.45, 2.75) is 20.0 Å². The predicted molar refractivity (Wildman–Crippen MR) is 62.2 cm³/mol. The third kappa shape index (κ3) is 2.04. The first-order valence-corrected chi connectivity index (χ1v) is 5.21. The molecule has 1 amide bonds. The van der Waals surface area contributed by atoms with Crippen LogP contribution in [0.5, 0.6) is 11.5 Å². The van der Waals surface area contributed by atoms with E-state index in [1.54, 1.807) is 6.07 Å². The number of aromatic hydroxyl groups is 1. The molecule has 0 aliphatic heterocycles. The van der Waals surface area contributed by atoms with Crippen molar-refractivity contribution in [2.24, 2.45) is 5.73 Å². The monoisotopic (exact) mass is 235 g/mol. The van der Waals surface area contributed by atoms with E-state index < -0.39 is 5.91 Å². The minimum atomic E-state index is -0.698. The van der Waals surface area contributed by atoms with Gasteiger partial charge in [-0.15, -0.1) is 0 Å². The van der Waals surface area contributed by atoms with Gasteiger partial charge in [0, 0.05) is 0 Å². The highest BCUT2D eigenvalue weighted by Gasteiger charge is 2.21. The highest BCUT2D eigenvalue weighted by atomic mass is 16.5. The van der Waals surface area contributed by atoms with E-state index in [0.29, 0.717) is 11.0 Å². The van der Waals surface area contributed by atoms with Crippen LogP contribution in [0.15, 0.2) is 22.6 Å². The zero-order chi connectivity index (χ0) is 12.6. The van der Waals surface area contributed by atoms with Crippen LogP contribution >= 0.6 is 0 Å². The average Bonchev–Trinajstić information content (AvgIpc) is 2.56. The largest absolute Gasteiger partial charge is 0.508 e. The summed E-state index contributed by atoms with van der Waals surface area (Å²) in [7, 11) is 0. The molecule has 0 fully saturated rings. The van der Waals surface area contributed by atoms with E-state index in [-0.39, 0.29) is 23.4 Å². The molecule has 0 saturated carbocycles. The molecule has 2 aromatic rings. The van der Waals surface area contributed by atoms with Gasteiger partial charge in [-0.2, -0.15) is 0 Å². The minimum absolute atomic E-state index is 0.0284. The maximum Gasteiger partial charge on any atom is 0.288 e. The third-order valence-electron chi connectivity index (χ3n) is 2.20. The Hall–Kier alpha value is -2.17. The summed E-state index contributed by atoms with van der Waals surface area (Å²) in [6.45, 7) is 3.65. The van der Waals surface area contributed by atoms with Gasteiger partial charge >= 0.3 is 0 Å². The molecule has 0 aliphatic carbocycles. The van der Waals surface area contributed by atoms with Crippen molar-refractivity contribution in [3.63, 3.8) is 0 Å². The first-order valence-electron chi connectivity index (χ1n) is 5.21. The summed E-state index contributed by atoms with van der Waals surface area (Å²) in [6, 6.07) is 4.50. The Morgan fingerprint density at radius 3 is 2.76 bits per heavy atom. The first-order chi connectivity index (χ1) is 7.99. The summed E-state index contributed by atoms with van der Waals surface area (Å²) < 4.78 is 10.8. The van der Waals surface area contributed by atoms with Gasteiger partial charge in [-0.25, -0.2) is 0 Å². The smallest absolute Gasteiger partial charge is 0.288 e. The summed E-state index contributed by atoms with van der Waals surface area (Å²) in [5.74, 6) is -0.378. The number of carbonyl (C=O) groups excluding carboxylic acids is 1. The number of rotatable bonds is 3. The van der Waals surface area contributed by atoms with Crippen molar-refractivity contribution in [3.05, 3.63) is 24.0 Å². The van der Waals surface area contributed by atoms with Crippen LogP contribution in [0.25, 0.3) is 11.0 Å². The number of amides is 1. The minimum Gasteiger partial charge on any atom is -0.508 e. The Bertz CT molecular complexity index is 571. The Morgan fingerprint density at radius 1 is 1.47 bits per heavy atom. The van der Waals surface area contributed by atoms with Gasteiger partial charge in [0.25, 0.3) is 5.91 Å². The Morgan fingerprint density at radius 2 is 2.18 bits per heavy atom. The van der Waals surface area contributed by atoms with Crippen molar-refractivity contribution in [2.75, 3.05) is 0 Å². The number of hydrogen-bond acceptors (Lipinski definition) is 4. The lowest BCUT2D eigenvalue weighted by molar-refractivity contribution is 0.0968. The molecule has 2 rings (SSSR count). The van der Waals surface area contributed by atoms with Gasteiger partial charge in [0.1, 0.15) is 11.3 Å². The molecule has 0 unspecified atom stereocenters. The number of hydrogen-bond donors (Lipinski definition) is 2. The second-order valence-corrected chi connectivity index (χ2v) is 3.97. The molecule has 1 aromatic carbocycles. The van der Waals surface area contributed by atoms with Gasteiger partial charge in [0.2, 0.25) is 5.76 Å². The number of primary amides is 1.